The van der Waals surface area contributed by atoms with E-state index in [0.717, 1.165) is 0 Å². The largest absolute Gasteiger partial charge is 0.481 e. The van der Waals surface area contributed by atoms with Crippen molar-refractivity contribution >= 4 is 17.8 Å². The van der Waals surface area contributed by atoms with Gasteiger partial charge in [-0.1, -0.05) is 0 Å². The molecule has 1 aliphatic rings. The minimum atomic E-state index is -0.773. The number of furan rings is 1. The molecule has 2 amide bonds. The number of carboxylic acid groups (broad SMARTS) is 1. The number of carbonyl (C=O) groups excluding carboxylic acids is 2. The van der Waals surface area contributed by atoms with E-state index in [-0.39, 0.29) is 23.8 Å². The summed E-state index contributed by atoms with van der Waals surface area (Å²) in [4.78, 5) is 34.8. The Kier molecular flexibility index (Phi) is 5.19. The lowest BCUT2D eigenvalue weighted by Gasteiger charge is -2.28. The van der Waals surface area contributed by atoms with Crippen LogP contribution in [0.4, 0.5) is 0 Å². The van der Waals surface area contributed by atoms with Gasteiger partial charge in [0.15, 0.2) is 0 Å². The topological polar surface area (TPSA) is 109 Å². The zero-order valence-electron chi connectivity index (χ0n) is 12.4. The summed E-state index contributed by atoms with van der Waals surface area (Å²) in [5, 5.41) is 14.4. The van der Waals surface area contributed by atoms with E-state index >= 15 is 0 Å². The normalized spacial score (nSPS) is 22.6. The van der Waals surface area contributed by atoms with Crippen molar-refractivity contribution < 1.29 is 23.9 Å². The molecule has 3 N–H and O–H groups in total. The van der Waals surface area contributed by atoms with Crippen LogP contribution < -0.4 is 10.6 Å². The van der Waals surface area contributed by atoms with Crippen molar-refractivity contribution in [2.75, 3.05) is 0 Å². The Balaban J connectivity index is 1.77. The van der Waals surface area contributed by atoms with E-state index in [4.69, 9.17) is 9.52 Å². The number of carboxylic acids is 1. The molecule has 0 radical (unpaired) electrons. The fourth-order valence-electron chi connectivity index (χ4n) is 2.55. The first-order chi connectivity index (χ1) is 10.5. The minimum Gasteiger partial charge on any atom is -0.481 e. The zero-order chi connectivity index (χ0) is 16.1. The van der Waals surface area contributed by atoms with Gasteiger partial charge in [-0.15, -0.1) is 0 Å². The van der Waals surface area contributed by atoms with Crippen molar-refractivity contribution in [1.82, 2.24) is 10.6 Å². The number of nitrogens with one attached hydrogen (secondary N) is 2. The maximum Gasteiger partial charge on any atom is 0.306 e. The molecule has 0 aromatic carbocycles. The van der Waals surface area contributed by atoms with Crippen LogP contribution in [0.1, 0.15) is 43.0 Å². The van der Waals surface area contributed by atoms with E-state index in [2.05, 4.69) is 10.6 Å². The van der Waals surface area contributed by atoms with Crippen molar-refractivity contribution in [2.24, 2.45) is 5.92 Å². The third kappa shape index (κ3) is 4.09. The number of amides is 2. The first-order valence-electron chi connectivity index (χ1n) is 7.33. The molecule has 7 nitrogen and oxygen atoms in total. The average Bonchev–Trinajstić information content (AvgIpc) is 3.02. The van der Waals surface area contributed by atoms with Gasteiger partial charge >= 0.3 is 5.97 Å². The monoisotopic (exact) mass is 308 g/mol. The Morgan fingerprint density at radius 1 is 1.27 bits per heavy atom. The Morgan fingerprint density at radius 3 is 2.50 bits per heavy atom. The molecule has 1 aromatic rings. The van der Waals surface area contributed by atoms with Gasteiger partial charge in [0.2, 0.25) is 5.91 Å². The van der Waals surface area contributed by atoms with Crippen molar-refractivity contribution in [2.45, 2.75) is 44.7 Å². The first kappa shape index (κ1) is 16.1. The number of rotatable bonds is 5. The highest BCUT2D eigenvalue weighted by molar-refractivity contribution is 5.97. The number of hydrogen-bond donors (Lipinski definition) is 3. The smallest absolute Gasteiger partial charge is 0.306 e. The molecule has 0 bridgehead atoms. The van der Waals surface area contributed by atoms with E-state index in [1.54, 1.807) is 6.92 Å². The Labute approximate surface area is 128 Å². The highest BCUT2D eigenvalue weighted by atomic mass is 16.4. The second-order valence-electron chi connectivity index (χ2n) is 5.60. The molecule has 1 aliphatic carbocycles. The minimum absolute atomic E-state index is 0.0311. The van der Waals surface area contributed by atoms with Crippen molar-refractivity contribution in [3.8, 4) is 0 Å². The Bertz CT molecular complexity index is 532. The molecule has 1 unspecified atom stereocenters. The van der Waals surface area contributed by atoms with Gasteiger partial charge in [-0.05, 0) is 38.7 Å². The standard InChI is InChI=1S/C15H20N2O5/c1-9(16-14(19)11-6-7-22-8-11)13(18)17-12-4-2-10(3-5-12)15(20)21/h6-10,12H,2-5H2,1H3,(H,16,19)(H,17,18)(H,20,21). The fraction of sp³-hybridized carbons (Fsp3) is 0.533. The summed E-state index contributed by atoms with van der Waals surface area (Å²) in [6.07, 6.45) is 5.12. The van der Waals surface area contributed by atoms with Crippen LogP contribution in [0, 0.1) is 5.92 Å². The second-order valence-corrected chi connectivity index (χ2v) is 5.60. The van der Waals surface area contributed by atoms with Crippen molar-refractivity contribution in [3.63, 3.8) is 0 Å². The molecular weight excluding hydrogens is 288 g/mol. The molecule has 1 heterocycles. The molecule has 1 fully saturated rings. The van der Waals surface area contributed by atoms with Gasteiger partial charge in [-0.25, -0.2) is 0 Å². The van der Waals surface area contributed by atoms with E-state index < -0.39 is 12.0 Å². The van der Waals surface area contributed by atoms with Gasteiger partial charge in [-0.2, -0.15) is 0 Å². The third-order valence-electron chi connectivity index (χ3n) is 3.95. The van der Waals surface area contributed by atoms with Gasteiger partial charge in [0.25, 0.3) is 5.91 Å². The molecule has 1 atom stereocenters. The number of aliphatic carboxylic acids is 1. The summed E-state index contributed by atoms with van der Waals surface area (Å²) < 4.78 is 4.82. The molecule has 0 aliphatic heterocycles. The predicted octanol–water partition coefficient (Wildman–Crippen LogP) is 1.16. The SMILES string of the molecule is CC(NC(=O)c1ccoc1)C(=O)NC1CCC(C(=O)O)CC1. The van der Waals surface area contributed by atoms with Crippen LogP contribution in [0.5, 0.6) is 0 Å². The van der Waals surface area contributed by atoms with E-state index in [1.165, 1.54) is 18.6 Å². The summed E-state index contributed by atoms with van der Waals surface area (Å²) in [6, 6.07) is 0.823. The van der Waals surface area contributed by atoms with Crippen LogP contribution in [0.25, 0.3) is 0 Å². The molecule has 2 rings (SSSR count). The van der Waals surface area contributed by atoms with Gasteiger partial charge in [0.05, 0.1) is 17.7 Å². The first-order valence-corrected chi connectivity index (χ1v) is 7.33. The molecular formula is C15H20N2O5. The van der Waals surface area contributed by atoms with Crippen LogP contribution in [0.15, 0.2) is 23.0 Å². The second kappa shape index (κ2) is 7.11. The maximum absolute atomic E-state index is 12.1. The molecule has 120 valence electrons. The summed E-state index contributed by atoms with van der Waals surface area (Å²) in [7, 11) is 0. The lowest BCUT2D eigenvalue weighted by atomic mass is 9.86. The Morgan fingerprint density at radius 2 is 1.95 bits per heavy atom. The van der Waals surface area contributed by atoms with Gasteiger partial charge in [0, 0.05) is 6.04 Å². The van der Waals surface area contributed by atoms with Crippen LogP contribution in [0.3, 0.4) is 0 Å². The summed E-state index contributed by atoms with van der Waals surface area (Å²) >= 11 is 0. The van der Waals surface area contributed by atoms with Gasteiger partial charge in [0.1, 0.15) is 12.3 Å². The summed E-state index contributed by atoms with van der Waals surface area (Å²) in [5.74, 6) is -1.72. The molecule has 0 spiro atoms. The van der Waals surface area contributed by atoms with E-state index in [9.17, 15) is 14.4 Å². The highest BCUT2D eigenvalue weighted by Gasteiger charge is 2.28. The van der Waals surface area contributed by atoms with Crippen LogP contribution in [0.2, 0.25) is 0 Å². The quantitative estimate of drug-likeness (QED) is 0.756. The third-order valence-corrected chi connectivity index (χ3v) is 3.95. The Hall–Kier alpha value is -2.31. The summed E-state index contributed by atoms with van der Waals surface area (Å²) in [6.45, 7) is 1.61. The lowest BCUT2D eigenvalue weighted by Crippen LogP contribution is -2.49. The highest BCUT2D eigenvalue weighted by Crippen LogP contribution is 2.24. The van der Waals surface area contributed by atoms with Crippen LogP contribution in [-0.4, -0.2) is 35.0 Å². The zero-order valence-corrected chi connectivity index (χ0v) is 12.4. The van der Waals surface area contributed by atoms with Crippen molar-refractivity contribution in [1.29, 1.82) is 0 Å². The molecule has 7 heteroatoms. The molecule has 0 saturated heterocycles. The van der Waals surface area contributed by atoms with E-state index in [1.807, 2.05) is 0 Å². The lowest BCUT2D eigenvalue weighted by molar-refractivity contribution is -0.142. The fourth-order valence-corrected chi connectivity index (χ4v) is 2.55. The van der Waals surface area contributed by atoms with Crippen LogP contribution >= 0.6 is 0 Å². The van der Waals surface area contributed by atoms with Crippen LogP contribution in [-0.2, 0) is 9.59 Å². The number of carbonyl (C=O) groups is 3. The van der Waals surface area contributed by atoms with Gasteiger partial charge < -0.3 is 20.2 Å². The molecule has 1 saturated carbocycles. The average molecular weight is 308 g/mol. The van der Waals surface area contributed by atoms with E-state index in [0.29, 0.717) is 31.2 Å². The molecule has 1 aromatic heterocycles. The van der Waals surface area contributed by atoms with Gasteiger partial charge in [-0.3, -0.25) is 14.4 Å². The molecule has 22 heavy (non-hydrogen) atoms. The predicted molar refractivity (Wildman–Crippen MR) is 77.2 cm³/mol. The number of hydrogen-bond acceptors (Lipinski definition) is 4. The summed E-state index contributed by atoms with van der Waals surface area (Å²) in [5.41, 5.74) is 0.363. The van der Waals surface area contributed by atoms with Crippen molar-refractivity contribution in [3.05, 3.63) is 24.2 Å². The maximum atomic E-state index is 12.1.